The van der Waals surface area contributed by atoms with Gasteiger partial charge in [0.2, 0.25) is 5.91 Å². The number of nitrogens with zero attached hydrogens (tertiary/aromatic N) is 5. The molecule has 1 aromatic rings. The van der Waals surface area contributed by atoms with Crippen molar-refractivity contribution in [2.45, 2.75) is 53.0 Å². The molecule has 1 aromatic heterocycles. The predicted octanol–water partition coefficient (Wildman–Crippen LogP) is 3.07. The van der Waals surface area contributed by atoms with Crippen LogP contribution >= 0.6 is 0 Å². The van der Waals surface area contributed by atoms with Crippen LogP contribution in [0.5, 0.6) is 0 Å². The van der Waals surface area contributed by atoms with Crippen LogP contribution in [0.25, 0.3) is 0 Å². The normalized spacial score (nSPS) is 21.2. The minimum atomic E-state index is 0.0465. The lowest BCUT2D eigenvalue weighted by Crippen LogP contribution is -2.56. The van der Waals surface area contributed by atoms with Gasteiger partial charge in [0.05, 0.1) is 0 Å². The van der Waals surface area contributed by atoms with Gasteiger partial charge in [0, 0.05) is 63.4 Å². The van der Waals surface area contributed by atoms with E-state index in [9.17, 15) is 9.59 Å². The van der Waals surface area contributed by atoms with Crippen LogP contribution in [-0.2, 0) is 4.79 Å². The Morgan fingerprint density at radius 1 is 0.967 bits per heavy atom. The summed E-state index contributed by atoms with van der Waals surface area (Å²) in [6, 6.07) is 4.38. The second-order valence-corrected chi connectivity index (χ2v) is 8.75. The van der Waals surface area contributed by atoms with Gasteiger partial charge in [-0.25, -0.2) is 4.79 Å². The number of piperazine rings is 1. The highest BCUT2D eigenvalue weighted by atomic mass is 16.2. The Morgan fingerprint density at radius 2 is 1.60 bits per heavy atom. The molecule has 0 bridgehead atoms. The molecule has 3 fully saturated rings. The van der Waals surface area contributed by atoms with Crippen molar-refractivity contribution in [2.24, 2.45) is 5.41 Å². The third-order valence-corrected chi connectivity index (χ3v) is 6.71. The molecule has 0 N–H and O–H groups in total. The first kappa shape index (κ1) is 22.4. The van der Waals surface area contributed by atoms with Crippen LogP contribution in [0.4, 0.5) is 10.5 Å². The number of carbonyl (C=O) groups is 2. The van der Waals surface area contributed by atoms with E-state index in [0.717, 1.165) is 45.4 Å². The average Bonchev–Trinajstić information content (AvgIpc) is 3.19. The number of hydrogen-bond acceptors (Lipinski definition) is 4. The topological polar surface area (TPSA) is 60.0 Å². The lowest BCUT2D eigenvalue weighted by Gasteiger charge is -2.41. The summed E-state index contributed by atoms with van der Waals surface area (Å²) in [7, 11) is 0. The largest absolute Gasteiger partial charge is 0.371 e. The first-order valence-corrected chi connectivity index (χ1v) is 11.5. The number of anilines is 1. The van der Waals surface area contributed by atoms with Gasteiger partial charge in [0.15, 0.2) is 0 Å². The summed E-state index contributed by atoms with van der Waals surface area (Å²) >= 11 is 0. The highest BCUT2D eigenvalue weighted by molar-refractivity contribution is 5.85. The Hall–Kier alpha value is -2.31. The Labute approximate surface area is 181 Å². The SMILES string of the molecule is CC.CC(C)N1CCN(C(=O)N2CCC3(CCN(c4ccncc4)CC3)C2)CC1=O. The maximum atomic E-state index is 13.0. The highest BCUT2D eigenvalue weighted by Gasteiger charge is 2.43. The number of piperidine rings is 1. The number of carbonyl (C=O) groups excluding carboxylic acids is 2. The fourth-order valence-electron chi connectivity index (χ4n) is 4.90. The molecule has 0 atom stereocenters. The van der Waals surface area contributed by atoms with Crippen LogP contribution in [0.3, 0.4) is 0 Å². The lowest BCUT2D eigenvalue weighted by atomic mass is 9.77. The van der Waals surface area contributed by atoms with Crippen molar-refractivity contribution in [3.63, 3.8) is 0 Å². The van der Waals surface area contributed by atoms with Crippen molar-refractivity contribution in [1.82, 2.24) is 19.7 Å². The zero-order chi connectivity index (χ0) is 21.7. The fourth-order valence-corrected chi connectivity index (χ4v) is 4.90. The second-order valence-electron chi connectivity index (χ2n) is 8.75. The van der Waals surface area contributed by atoms with E-state index < -0.39 is 0 Å². The number of amides is 3. The molecule has 7 heteroatoms. The van der Waals surface area contributed by atoms with Crippen LogP contribution in [0, 0.1) is 5.41 Å². The van der Waals surface area contributed by atoms with Gasteiger partial charge in [-0.05, 0) is 50.7 Å². The van der Waals surface area contributed by atoms with Gasteiger partial charge in [-0.1, -0.05) is 13.8 Å². The van der Waals surface area contributed by atoms with E-state index in [1.807, 2.05) is 49.9 Å². The van der Waals surface area contributed by atoms with Gasteiger partial charge in [0.25, 0.3) is 0 Å². The number of hydrogen-bond donors (Lipinski definition) is 0. The van der Waals surface area contributed by atoms with Gasteiger partial charge in [-0.2, -0.15) is 0 Å². The molecule has 3 saturated heterocycles. The van der Waals surface area contributed by atoms with E-state index in [1.54, 1.807) is 4.90 Å². The molecule has 4 rings (SSSR count). The number of pyridine rings is 1. The van der Waals surface area contributed by atoms with Gasteiger partial charge < -0.3 is 19.6 Å². The Kier molecular flexibility index (Phi) is 7.21. The quantitative estimate of drug-likeness (QED) is 0.745. The van der Waals surface area contributed by atoms with E-state index in [-0.39, 0.29) is 29.9 Å². The highest BCUT2D eigenvalue weighted by Crippen LogP contribution is 2.41. The molecule has 3 amide bonds. The van der Waals surface area contributed by atoms with E-state index in [4.69, 9.17) is 0 Å². The standard InChI is InChI=1S/C21H31N5O2.C2H6/c1-17(2)26-14-13-24(15-19(26)27)20(28)25-12-7-21(16-25)5-10-23(11-6-21)18-3-8-22-9-4-18;1-2/h3-4,8-9,17H,5-7,10-16H2,1-2H3;1-2H3. The summed E-state index contributed by atoms with van der Waals surface area (Å²) in [6.07, 6.45) is 6.98. The monoisotopic (exact) mass is 415 g/mol. The maximum absolute atomic E-state index is 13.0. The van der Waals surface area contributed by atoms with Crippen molar-refractivity contribution in [3.05, 3.63) is 24.5 Å². The summed E-state index contributed by atoms with van der Waals surface area (Å²) in [5, 5.41) is 0. The first-order chi connectivity index (χ1) is 14.5. The number of aromatic nitrogens is 1. The molecule has 0 radical (unpaired) electrons. The fraction of sp³-hybridized carbons (Fsp3) is 0.696. The average molecular weight is 416 g/mol. The summed E-state index contributed by atoms with van der Waals surface area (Å²) < 4.78 is 0. The van der Waals surface area contributed by atoms with Gasteiger partial charge in [-0.3, -0.25) is 9.78 Å². The Balaban J connectivity index is 0.00000124. The minimum Gasteiger partial charge on any atom is -0.371 e. The van der Waals surface area contributed by atoms with Crippen LogP contribution in [0.1, 0.15) is 47.0 Å². The predicted molar refractivity (Wildman–Crippen MR) is 119 cm³/mol. The van der Waals surface area contributed by atoms with Gasteiger partial charge >= 0.3 is 6.03 Å². The van der Waals surface area contributed by atoms with Crippen molar-refractivity contribution < 1.29 is 9.59 Å². The summed E-state index contributed by atoms with van der Waals surface area (Å²) in [4.78, 5) is 37.4. The number of rotatable bonds is 2. The second kappa shape index (κ2) is 9.67. The molecule has 1 spiro atoms. The summed E-state index contributed by atoms with van der Waals surface area (Å²) in [5.41, 5.74) is 1.47. The molecule has 0 saturated carbocycles. The van der Waals surface area contributed by atoms with Crippen LogP contribution in [0.2, 0.25) is 0 Å². The summed E-state index contributed by atoms with van der Waals surface area (Å²) in [5.74, 6) is 0.0640. The number of likely N-dealkylation sites (tertiary alicyclic amines) is 1. The first-order valence-electron chi connectivity index (χ1n) is 11.5. The summed E-state index contributed by atoms with van der Waals surface area (Å²) in [6.45, 7) is 13.2. The van der Waals surface area contributed by atoms with E-state index in [2.05, 4.69) is 22.0 Å². The van der Waals surface area contributed by atoms with Crippen molar-refractivity contribution >= 4 is 17.6 Å². The zero-order valence-electron chi connectivity index (χ0n) is 19.0. The van der Waals surface area contributed by atoms with Crippen molar-refractivity contribution in [3.8, 4) is 0 Å². The van der Waals surface area contributed by atoms with Crippen molar-refractivity contribution in [2.75, 3.05) is 50.7 Å². The van der Waals surface area contributed by atoms with Gasteiger partial charge in [-0.15, -0.1) is 0 Å². The van der Waals surface area contributed by atoms with Gasteiger partial charge in [0.1, 0.15) is 6.54 Å². The van der Waals surface area contributed by atoms with E-state index >= 15 is 0 Å². The minimum absolute atomic E-state index is 0.0465. The molecule has 3 aliphatic rings. The molecule has 4 heterocycles. The molecule has 0 aliphatic carbocycles. The smallest absolute Gasteiger partial charge is 0.320 e. The van der Waals surface area contributed by atoms with Crippen LogP contribution in [-0.4, -0.2) is 83.5 Å². The molecule has 3 aliphatic heterocycles. The van der Waals surface area contributed by atoms with E-state index in [0.29, 0.717) is 13.1 Å². The zero-order valence-corrected chi connectivity index (χ0v) is 19.0. The molecule has 0 aromatic carbocycles. The Morgan fingerprint density at radius 3 is 2.20 bits per heavy atom. The van der Waals surface area contributed by atoms with Crippen LogP contribution < -0.4 is 4.90 Å². The molecule has 166 valence electrons. The van der Waals surface area contributed by atoms with Crippen molar-refractivity contribution in [1.29, 1.82) is 0 Å². The molecule has 7 nitrogen and oxygen atoms in total. The maximum Gasteiger partial charge on any atom is 0.320 e. The Bertz CT molecular complexity index is 716. The third-order valence-electron chi connectivity index (χ3n) is 6.71. The molecular weight excluding hydrogens is 378 g/mol. The molecule has 0 unspecified atom stereocenters. The number of urea groups is 1. The molecular formula is C23H37N5O2. The van der Waals surface area contributed by atoms with E-state index in [1.165, 1.54) is 5.69 Å². The van der Waals surface area contributed by atoms with Crippen LogP contribution in [0.15, 0.2) is 24.5 Å². The third kappa shape index (κ3) is 4.71. The lowest BCUT2D eigenvalue weighted by molar-refractivity contribution is -0.136. The molecule has 30 heavy (non-hydrogen) atoms.